The molecule has 1 amide bonds. The van der Waals surface area contributed by atoms with Crippen LogP contribution in [0.5, 0.6) is 17.2 Å². The number of carbonyl (C=O) groups is 2. The van der Waals surface area contributed by atoms with Crippen LogP contribution in [0.3, 0.4) is 0 Å². The first-order valence-corrected chi connectivity index (χ1v) is 11.9. The van der Waals surface area contributed by atoms with Gasteiger partial charge in [-0.25, -0.2) is 0 Å². The summed E-state index contributed by atoms with van der Waals surface area (Å²) < 4.78 is 10.7. The number of likely N-dealkylation sites (N-methyl/N-ethyl adjacent to an activating group) is 1. The molecule has 188 valence electrons. The van der Waals surface area contributed by atoms with E-state index in [0.29, 0.717) is 24.5 Å². The van der Waals surface area contributed by atoms with Gasteiger partial charge in [-0.1, -0.05) is 31.5 Å². The number of hydrogen-bond acceptors (Lipinski definition) is 7. The van der Waals surface area contributed by atoms with Gasteiger partial charge < -0.3 is 29.5 Å². The van der Waals surface area contributed by atoms with Crippen molar-refractivity contribution in [3.05, 3.63) is 58.1 Å². The van der Waals surface area contributed by atoms with E-state index >= 15 is 0 Å². The van der Waals surface area contributed by atoms with Gasteiger partial charge in [-0.05, 0) is 55.9 Å². The molecule has 9 heteroatoms. The van der Waals surface area contributed by atoms with Crippen LogP contribution in [0.4, 0.5) is 0 Å². The van der Waals surface area contributed by atoms with Gasteiger partial charge in [0.1, 0.15) is 11.5 Å². The van der Waals surface area contributed by atoms with Crippen LogP contribution >= 0.6 is 11.6 Å². The number of phenols is 1. The molecular formula is C26H31ClN2O6. The zero-order valence-electron chi connectivity index (χ0n) is 20.4. The molecule has 35 heavy (non-hydrogen) atoms. The maximum atomic E-state index is 13.2. The zero-order chi connectivity index (χ0) is 25.7. The highest BCUT2D eigenvalue weighted by Crippen LogP contribution is 2.42. The average Bonchev–Trinajstić information content (AvgIpc) is 3.11. The predicted molar refractivity (Wildman–Crippen MR) is 134 cm³/mol. The molecule has 0 saturated carbocycles. The standard InChI is InChI=1S/C26H31ClN2O6/c1-5-28(6-2)12-13-29-23(16-8-10-19(30)21(15-16)34-4)22(25(32)26(29)33)24(31)17-9-11-20(35-7-3)18(27)14-17/h8-11,14-15,23,30-31H,5-7,12-13H2,1-4H3. The summed E-state index contributed by atoms with van der Waals surface area (Å²) in [5.41, 5.74) is 0.760. The van der Waals surface area contributed by atoms with Crippen LogP contribution in [0, 0.1) is 0 Å². The number of Topliss-reactive ketones (excluding diaryl/α,β-unsaturated/α-hetero) is 1. The van der Waals surface area contributed by atoms with Crippen molar-refractivity contribution in [2.75, 3.05) is 39.9 Å². The number of halogens is 1. The number of aliphatic hydroxyl groups is 1. The molecule has 1 unspecified atom stereocenters. The number of methoxy groups -OCH3 is 1. The molecule has 1 saturated heterocycles. The summed E-state index contributed by atoms with van der Waals surface area (Å²) in [6, 6.07) is 8.43. The van der Waals surface area contributed by atoms with Crippen LogP contribution in [0.2, 0.25) is 5.02 Å². The highest BCUT2D eigenvalue weighted by Gasteiger charge is 2.46. The molecule has 1 aliphatic heterocycles. The quantitative estimate of drug-likeness (QED) is 0.285. The molecule has 0 bridgehead atoms. The fourth-order valence-electron chi connectivity index (χ4n) is 4.19. The Bertz CT molecular complexity index is 1130. The maximum absolute atomic E-state index is 13.2. The number of hydrogen-bond donors (Lipinski definition) is 2. The van der Waals surface area contributed by atoms with E-state index in [0.717, 1.165) is 13.1 Å². The lowest BCUT2D eigenvalue weighted by Crippen LogP contribution is -2.38. The molecule has 2 aromatic carbocycles. The third-order valence-electron chi connectivity index (χ3n) is 6.12. The third kappa shape index (κ3) is 5.39. The Labute approximate surface area is 210 Å². The number of amides is 1. The number of benzene rings is 2. The highest BCUT2D eigenvalue weighted by molar-refractivity contribution is 6.46. The van der Waals surface area contributed by atoms with Crippen molar-refractivity contribution in [2.45, 2.75) is 26.8 Å². The second-order valence-corrected chi connectivity index (χ2v) is 8.44. The summed E-state index contributed by atoms with van der Waals surface area (Å²) in [6.07, 6.45) is 0. The Morgan fingerprint density at radius 1 is 1.09 bits per heavy atom. The van der Waals surface area contributed by atoms with E-state index in [1.807, 2.05) is 20.8 Å². The maximum Gasteiger partial charge on any atom is 0.295 e. The van der Waals surface area contributed by atoms with Crippen molar-refractivity contribution in [1.29, 1.82) is 0 Å². The molecule has 8 nitrogen and oxygen atoms in total. The fraction of sp³-hybridized carbons (Fsp3) is 0.385. The Morgan fingerprint density at radius 2 is 1.80 bits per heavy atom. The van der Waals surface area contributed by atoms with Crippen LogP contribution in [0.25, 0.3) is 5.76 Å². The molecule has 2 N–H and O–H groups in total. The van der Waals surface area contributed by atoms with Crippen molar-refractivity contribution >= 4 is 29.1 Å². The molecule has 0 aliphatic carbocycles. The van der Waals surface area contributed by atoms with E-state index in [-0.39, 0.29) is 40.0 Å². The summed E-state index contributed by atoms with van der Waals surface area (Å²) in [6.45, 7) is 8.72. The first-order valence-electron chi connectivity index (χ1n) is 11.6. The fourth-order valence-corrected chi connectivity index (χ4v) is 4.42. The number of rotatable bonds is 10. The minimum atomic E-state index is -0.870. The minimum Gasteiger partial charge on any atom is -0.507 e. The number of nitrogens with zero attached hydrogens (tertiary/aromatic N) is 2. The van der Waals surface area contributed by atoms with E-state index in [4.69, 9.17) is 21.1 Å². The first-order chi connectivity index (χ1) is 16.8. The SMILES string of the molecule is CCOc1ccc(C(O)=C2C(=O)C(=O)N(CCN(CC)CC)C2c2ccc(O)c(OC)c2)cc1Cl. The lowest BCUT2D eigenvalue weighted by molar-refractivity contribution is -0.140. The van der Waals surface area contributed by atoms with E-state index < -0.39 is 17.7 Å². The summed E-state index contributed by atoms with van der Waals surface area (Å²) in [4.78, 5) is 29.9. The van der Waals surface area contributed by atoms with E-state index in [9.17, 15) is 19.8 Å². The van der Waals surface area contributed by atoms with Crippen LogP contribution < -0.4 is 9.47 Å². The number of likely N-dealkylation sites (tertiary alicyclic amines) is 1. The predicted octanol–water partition coefficient (Wildman–Crippen LogP) is 4.22. The average molecular weight is 503 g/mol. The van der Waals surface area contributed by atoms with Crippen molar-refractivity contribution in [1.82, 2.24) is 9.80 Å². The first kappa shape index (κ1) is 26.4. The second-order valence-electron chi connectivity index (χ2n) is 8.03. The van der Waals surface area contributed by atoms with Crippen molar-refractivity contribution in [2.24, 2.45) is 0 Å². The lowest BCUT2D eigenvalue weighted by Gasteiger charge is -2.28. The van der Waals surface area contributed by atoms with Gasteiger partial charge in [-0.3, -0.25) is 9.59 Å². The molecule has 0 spiro atoms. The van der Waals surface area contributed by atoms with Gasteiger partial charge in [0.25, 0.3) is 11.7 Å². The van der Waals surface area contributed by atoms with Crippen molar-refractivity contribution < 1.29 is 29.3 Å². The van der Waals surface area contributed by atoms with Gasteiger partial charge in [0.2, 0.25) is 0 Å². The van der Waals surface area contributed by atoms with Crippen LogP contribution in [0.1, 0.15) is 37.9 Å². The summed E-state index contributed by atoms with van der Waals surface area (Å²) >= 11 is 6.31. The van der Waals surface area contributed by atoms with Gasteiger partial charge in [0, 0.05) is 18.7 Å². The zero-order valence-corrected chi connectivity index (χ0v) is 21.1. The molecule has 2 aromatic rings. The van der Waals surface area contributed by atoms with Gasteiger partial charge in [0.15, 0.2) is 11.5 Å². The summed E-state index contributed by atoms with van der Waals surface area (Å²) in [7, 11) is 1.41. The summed E-state index contributed by atoms with van der Waals surface area (Å²) in [5.74, 6) is -1.26. The molecule has 3 rings (SSSR count). The Kier molecular flexibility index (Phi) is 8.64. The van der Waals surface area contributed by atoms with Crippen molar-refractivity contribution in [3.8, 4) is 17.2 Å². The largest absolute Gasteiger partial charge is 0.507 e. The monoisotopic (exact) mass is 502 g/mol. The van der Waals surface area contributed by atoms with Crippen LogP contribution in [-0.4, -0.2) is 71.6 Å². The Hall–Kier alpha value is -3.23. The molecule has 0 radical (unpaired) electrons. The molecule has 1 atom stereocenters. The van der Waals surface area contributed by atoms with Crippen LogP contribution in [-0.2, 0) is 9.59 Å². The molecule has 1 heterocycles. The number of phenolic OH excluding ortho intramolecular Hbond substituents is 1. The lowest BCUT2D eigenvalue weighted by atomic mass is 9.95. The van der Waals surface area contributed by atoms with Gasteiger partial charge in [-0.15, -0.1) is 0 Å². The van der Waals surface area contributed by atoms with Gasteiger partial charge in [-0.2, -0.15) is 0 Å². The van der Waals surface area contributed by atoms with E-state index in [1.54, 1.807) is 24.3 Å². The Balaban J connectivity index is 2.14. The third-order valence-corrected chi connectivity index (χ3v) is 6.41. The Morgan fingerprint density at radius 3 is 2.40 bits per heavy atom. The molecule has 1 aliphatic rings. The highest BCUT2D eigenvalue weighted by atomic mass is 35.5. The topological polar surface area (TPSA) is 99.5 Å². The number of carbonyl (C=O) groups excluding carboxylic acids is 2. The van der Waals surface area contributed by atoms with Gasteiger partial charge in [0.05, 0.1) is 30.4 Å². The smallest absolute Gasteiger partial charge is 0.295 e. The van der Waals surface area contributed by atoms with Crippen LogP contribution in [0.15, 0.2) is 42.0 Å². The molecular weight excluding hydrogens is 472 g/mol. The second kappa shape index (κ2) is 11.5. The number of aliphatic hydroxyl groups excluding tert-OH is 1. The molecule has 1 fully saturated rings. The number of ketones is 1. The number of ether oxygens (including phenoxy) is 2. The van der Waals surface area contributed by atoms with E-state index in [1.165, 1.54) is 24.1 Å². The number of aromatic hydroxyl groups is 1. The van der Waals surface area contributed by atoms with Gasteiger partial charge >= 0.3 is 0 Å². The molecule has 0 aromatic heterocycles. The van der Waals surface area contributed by atoms with E-state index in [2.05, 4.69) is 4.90 Å². The normalized spacial score (nSPS) is 17.3. The minimum absolute atomic E-state index is 0.0532. The van der Waals surface area contributed by atoms with Crippen molar-refractivity contribution in [3.63, 3.8) is 0 Å². The summed E-state index contributed by atoms with van der Waals surface area (Å²) in [5, 5.41) is 21.6.